The Balaban J connectivity index is 2.85. The van der Waals surface area contributed by atoms with Gasteiger partial charge in [0, 0.05) is 6.61 Å². The van der Waals surface area contributed by atoms with Crippen molar-refractivity contribution in [3.05, 3.63) is 12.7 Å². The molecule has 1 heteroatoms. The Bertz CT molecular complexity index is 86.9. The number of ether oxygens (including phenoxy) is 1. The summed E-state index contributed by atoms with van der Waals surface area (Å²) in [5, 5.41) is 0. The van der Waals surface area contributed by atoms with Crippen LogP contribution in [0.15, 0.2) is 12.7 Å². The summed E-state index contributed by atoms with van der Waals surface area (Å²) in [4.78, 5) is 0. The van der Waals surface area contributed by atoms with E-state index in [-0.39, 0.29) is 0 Å². The molecule has 0 bridgehead atoms. The molecule has 0 aliphatic carbocycles. The van der Waals surface area contributed by atoms with Crippen molar-refractivity contribution in [2.75, 3.05) is 13.2 Å². The summed E-state index contributed by atoms with van der Waals surface area (Å²) in [5.74, 6) is 0.828. The first kappa shape index (κ1) is 10.7. The minimum absolute atomic E-state index is 0.696. The maximum atomic E-state index is 5.25. The second kappa shape index (κ2) is 7.80. The van der Waals surface area contributed by atoms with Crippen LogP contribution in [0.5, 0.6) is 0 Å². The molecule has 0 aromatic heterocycles. The zero-order valence-corrected chi connectivity index (χ0v) is 7.81. The number of unbranched alkanes of at least 4 members (excludes halogenated alkanes) is 1. The highest BCUT2D eigenvalue weighted by Crippen LogP contribution is 2.05. The summed E-state index contributed by atoms with van der Waals surface area (Å²) in [5.41, 5.74) is 0. The molecule has 0 aliphatic heterocycles. The van der Waals surface area contributed by atoms with Crippen LogP contribution in [0.4, 0.5) is 0 Å². The van der Waals surface area contributed by atoms with E-state index in [1.807, 2.05) is 0 Å². The normalized spacial score (nSPS) is 10.5. The fourth-order valence-electron chi connectivity index (χ4n) is 0.923. The first-order valence-corrected chi connectivity index (χ1v) is 4.46. The Labute approximate surface area is 70.4 Å². The van der Waals surface area contributed by atoms with Crippen LogP contribution in [0.1, 0.15) is 33.1 Å². The van der Waals surface area contributed by atoms with E-state index in [0.717, 1.165) is 12.5 Å². The molecule has 0 rings (SSSR count). The van der Waals surface area contributed by atoms with Crippen molar-refractivity contribution >= 4 is 0 Å². The molecule has 11 heavy (non-hydrogen) atoms. The van der Waals surface area contributed by atoms with E-state index < -0.39 is 0 Å². The second-order valence-corrected chi connectivity index (χ2v) is 3.25. The van der Waals surface area contributed by atoms with Gasteiger partial charge in [-0.2, -0.15) is 0 Å². The largest absolute Gasteiger partial charge is 0.377 e. The number of rotatable bonds is 7. The zero-order valence-electron chi connectivity index (χ0n) is 7.81. The van der Waals surface area contributed by atoms with E-state index in [9.17, 15) is 0 Å². The monoisotopic (exact) mass is 156 g/mol. The van der Waals surface area contributed by atoms with Crippen LogP contribution in [-0.4, -0.2) is 13.2 Å². The fraction of sp³-hybridized carbons (Fsp3) is 0.800. The molecule has 0 saturated carbocycles. The van der Waals surface area contributed by atoms with Gasteiger partial charge in [0.1, 0.15) is 0 Å². The highest BCUT2D eigenvalue weighted by molar-refractivity contribution is 4.63. The first-order valence-electron chi connectivity index (χ1n) is 4.46. The summed E-state index contributed by atoms with van der Waals surface area (Å²) < 4.78 is 5.25. The van der Waals surface area contributed by atoms with Crippen molar-refractivity contribution in [3.63, 3.8) is 0 Å². The molecule has 0 saturated heterocycles. The molecule has 1 nitrogen and oxygen atoms in total. The standard InChI is InChI=1S/C10H20O/c1-4-8-11-9-6-5-7-10(2)3/h4,10H,1,5-9H2,2-3H3. The van der Waals surface area contributed by atoms with Crippen molar-refractivity contribution in [3.8, 4) is 0 Å². The van der Waals surface area contributed by atoms with Crippen LogP contribution in [-0.2, 0) is 4.74 Å². The van der Waals surface area contributed by atoms with Crippen LogP contribution >= 0.6 is 0 Å². The Morgan fingerprint density at radius 3 is 2.64 bits per heavy atom. The lowest BCUT2D eigenvalue weighted by molar-refractivity contribution is 0.156. The number of hydrogen-bond donors (Lipinski definition) is 0. The van der Waals surface area contributed by atoms with Crippen molar-refractivity contribution in [2.24, 2.45) is 5.92 Å². The third-order valence-corrected chi connectivity index (χ3v) is 1.56. The van der Waals surface area contributed by atoms with E-state index in [1.165, 1.54) is 19.3 Å². The summed E-state index contributed by atoms with van der Waals surface area (Å²) in [6.45, 7) is 9.67. The Kier molecular flexibility index (Phi) is 7.59. The lowest BCUT2D eigenvalue weighted by Crippen LogP contribution is -1.95. The van der Waals surface area contributed by atoms with Gasteiger partial charge in [0.2, 0.25) is 0 Å². The SMILES string of the molecule is C=CCOCCCCC(C)C. The lowest BCUT2D eigenvalue weighted by Gasteiger charge is -2.03. The Morgan fingerprint density at radius 1 is 1.36 bits per heavy atom. The highest BCUT2D eigenvalue weighted by Gasteiger charge is 1.93. The molecule has 0 fully saturated rings. The van der Waals surface area contributed by atoms with Crippen molar-refractivity contribution < 1.29 is 4.74 Å². The molecular formula is C10H20O. The van der Waals surface area contributed by atoms with E-state index in [2.05, 4.69) is 20.4 Å². The summed E-state index contributed by atoms with van der Waals surface area (Å²) in [7, 11) is 0. The van der Waals surface area contributed by atoms with E-state index >= 15 is 0 Å². The molecule has 0 atom stereocenters. The zero-order chi connectivity index (χ0) is 8.53. The van der Waals surface area contributed by atoms with Crippen LogP contribution in [0, 0.1) is 5.92 Å². The minimum atomic E-state index is 0.696. The molecule has 66 valence electrons. The van der Waals surface area contributed by atoms with Gasteiger partial charge >= 0.3 is 0 Å². The van der Waals surface area contributed by atoms with Gasteiger partial charge in [-0.25, -0.2) is 0 Å². The maximum Gasteiger partial charge on any atom is 0.0644 e. The molecule has 0 amide bonds. The molecule has 0 heterocycles. The quantitative estimate of drug-likeness (QED) is 0.406. The lowest BCUT2D eigenvalue weighted by atomic mass is 10.1. The molecule has 0 radical (unpaired) electrons. The van der Waals surface area contributed by atoms with Gasteiger partial charge in [-0.05, 0) is 12.3 Å². The predicted octanol–water partition coefficient (Wildman–Crippen LogP) is 3.02. The number of hydrogen-bond acceptors (Lipinski definition) is 1. The van der Waals surface area contributed by atoms with E-state index in [4.69, 9.17) is 4.74 Å². The molecule has 0 aromatic carbocycles. The van der Waals surface area contributed by atoms with Gasteiger partial charge in [-0.15, -0.1) is 6.58 Å². The van der Waals surface area contributed by atoms with Crippen molar-refractivity contribution in [1.82, 2.24) is 0 Å². The van der Waals surface area contributed by atoms with Gasteiger partial charge < -0.3 is 4.74 Å². The molecule has 0 spiro atoms. The topological polar surface area (TPSA) is 9.23 Å². The third-order valence-electron chi connectivity index (χ3n) is 1.56. The smallest absolute Gasteiger partial charge is 0.0644 e. The van der Waals surface area contributed by atoms with Gasteiger partial charge in [-0.3, -0.25) is 0 Å². The van der Waals surface area contributed by atoms with Crippen LogP contribution in [0.3, 0.4) is 0 Å². The fourth-order valence-corrected chi connectivity index (χ4v) is 0.923. The third kappa shape index (κ3) is 9.70. The van der Waals surface area contributed by atoms with Crippen LogP contribution in [0.25, 0.3) is 0 Å². The van der Waals surface area contributed by atoms with Gasteiger partial charge in [0.25, 0.3) is 0 Å². The summed E-state index contributed by atoms with van der Waals surface area (Å²) in [6, 6.07) is 0. The Morgan fingerprint density at radius 2 is 2.09 bits per heavy atom. The maximum absolute atomic E-state index is 5.25. The second-order valence-electron chi connectivity index (χ2n) is 3.25. The molecule has 0 aliphatic rings. The van der Waals surface area contributed by atoms with Gasteiger partial charge in [0.15, 0.2) is 0 Å². The summed E-state index contributed by atoms with van der Waals surface area (Å²) >= 11 is 0. The summed E-state index contributed by atoms with van der Waals surface area (Å²) in [6.07, 6.45) is 5.58. The first-order chi connectivity index (χ1) is 5.27. The molecule has 0 unspecified atom stereocenters. The molecular weight excluding hydrogens is 136 g/mol. The van der Waals surface area contributed by atoms with Gasteiger partial charge in [0.05, 0.1) is 6.61 Å². The average molecular weight is 156 g/mol. The molecule has 0 aromatic rings. The van der Waals surface area contributed by atoms with Gasteiger partial charge in [-0.1, -0.05) is 32.8 Å². The van der Waals surface area contributed by atoms with E-state index in [0.29, 0.717) is 6.61 Å². The van der Waals surface area contributed by atoms with Crippen LogP contribution in [0.2, 0.25) is 0 Å². The van der Waals surface area contributed by atoms with Crippen molar-refractivity contribution in [1.29, 1.82) is 0 Å². The minimum Gasteiger partial charge on any atom is -0.377 e. The highest BCUT2D eigenvalue weighted by atomic mass is 16.5. The Hall–Kier alpha value is -0.300. The van der Waals surface area contributed by atoms with Crippen LogP contribution < -0.4 is 0 Å². The van der Waals surface area contributed by atoms with E-state index in [1.54, 1.807) is 6.08 Å². The predicted molar refractivity (Wildman–Crippen MR) is 49.7 cm³/mol. The van der Waals surface area contributed by atoms with Crippen molar-refractivity contribution in [2.45, 2.75) is 33.1 Å². The average Bonchev–Trinajstić information content (AvgIpc) is 1.96. The molecule has 0 N–H and O–H groups in total.